The van der Waals surface area contributed by atoms with Crippen LogP contribution in [0.5, 0.6) is 0 Å². The highest BCUT2D eigenvalue weighted by atomic mass is 32.1. The van der Waals surface area contributed by atoms with E-state index in [1.807, 2.05) is 34.7 Å². The molecule has 0 spiro atoms. The second kappa shape index (κ2) is 8.32. The lowest BCUT2D eigenvalue weighted by atomic mass is 10.1. The number of hydrogen-bond donors (Lipinski definition) is 0. The highest BCUT2D eigenvalue weighted by Crippen LogP contribution is 2.24. The standard InChI is InChI=1S/C23H29N5OS/c1-17-20(14-24-28(17)23(2,3)4)22(29)27-12-10-26(11-13-27)15-19-16-30-21(25-19)18-8-6-5-7-9-18/h5-9,14,16H,10-13,15H2,1-4H3. The maximum Gasteiger partial charge on any atom is 0.257 e. The van der Waals surface area contributed by atoms with E-state index in [2.05, 4.69) is 48.3 Å². The first-order chi connectivity index (χ1) is 14.3. The fraction of sp³-hybridized carbons (Fsp3) is 0.435. The van der Waals surface area contributed by atoms with Crippen molar-refractivity contribution in [2.45, 2.75) is 39.8 Å². The van der Waals surface area contributed by atoms with Gasteiger partial charge in [-0.1, -0.05) is 30.3 Å². The monoisotopic (exact) mass is 423 g/mol. The van der Waals surface area contributed by atoms with Crippen molar-refractivity contribution in [3.05, 3.63) is 58.9 Å². The summed E-state index contributed by atoms with van der Waals surface area (Å²) in [5, 5.41) is 7.66. The smallest absolute Gasteiger partial charge is 0.257 e. The third kappa shape index (κ3) is 4.32. The minimum Gasteiger partial charge on any atom is -0.336 e. The molecule has 1 fully saturated rings. The van der Waals surface area contributed by atoms with Crippen LogP contribution >= 0.6 is 11.3 Å². The molecule has 0 radical (unpaired) electrons. The molecule has 6 nitrogen and oxygen atoms in total. The molecule has 3 heterocycles. The van der Waals surface area contributed by atoms with Crippen LogP contribution in [-0.2, 0) is 12.1 Å². The van der Waals surface area contributed by atoms with Gasteiger partial charge < -0.3 is 4.90 Å². The largest absolute Gasteiger partial charge is 0.336 e. The first kappa shape index (κ1) is 20.8. The van der Waals surface area contributed by atoms with Crippen LogP contribution in [0.15, 0.2) is 41.9 Å². The number of hydrogen-bond acceptors (Lipinski definition) is 5. The minimum atomic E-state index is -0.131. The third-order valence-corrected chi connectivity index (χ3v) is 6.43. The van der Waals surface area contributed by atoms with Gasteiger partial charge in [-0.3, -0.25) is 14.4 Å². The molecular formula is C23H29N5OS. The van der Waals surface area contributed by atoms with E-state index in [1.54, 1.807) is 17.5 Å². The third-order valence-electron chi connectivity index (χ3n) is 5.49. The lowest BCUT2D eigenvalue weighted by molar-refractivity contribution is 0.0626. The highest BCUT2D eigenvalue weighted by molar-refractivity contribution is 7.13. The molecule has 0 atom stereocenters. The summed E-state index contributed by atoms with van der Waals surface area (Å²) in [5.74, 6) is 0.0858. The fourth-order valence-corrected chi connectivity index (χ4v) is 4.71. The van der Waals surface area contributed by atoms with Crippen LogP contribution in [0.4, 0.5) is 0 Å². The number of aromatic nitrogens is 3. The lowest BCUT2D eigenvalue weighted by Gasteiger charge is -2.34. The quantitative estimate of drug-likeness (QED) is 0.636. The topological polar surface area (TPSA) is 54.3 Å². The maximum atomic E-state index is 13.0. The molecule has 1 aliphatic heterocycles. The molecule has 0 unspecified atom stereocenters. The summed E-state index contributed by atoms with van der Waals surface area (Å²) in [5.41, 5.74) is 3.78. The Balaban J connectivity index is 1.35. The molecule has 1 aliphatic rings. The Morgan fingerprint density at radius 2 is 1.80 bits per heavy atom. The number of benzene rings is 1. The van der Waals surface area contributed by atoms with Gasteiger partial charge in [-0.05, 0) is 27.7 Å². The lowest BCUT2D eigenvalue weighted by Crippen LogP contribution is -2.48. The molecule has 158 valence electrons. The molecule has 1 aromatic carbocycles. The van der Waals surface area contributed by atoms with Crippen molar-refractivity contribution in [1.82, 2.24) is 24.6 Å². The Kier molecular flexibility index (Phi) is 5.75. The van der Waals surface area contributed by atoms with E-state index in [1.165, 1.54) is 0 Å². The summed E-state index contributed by atoms with van der Waals surface area (Å²) in [7, 11) is 0. The van der Waals surface area contributed by atoms with Gasteiger partial charge in [0.2, 0.25) is 0 Å². The van der Waals surface area contributed by atoms with Crippen molar-refractivity contribution < 1.29 is 4.79 Å². The van der Waals surface area contributed by atoms with Crippen molar-refractivity contribution in [2.75, 3.05) is 26.2 Å². The van der Waals surface area contributed by atoms with Gasteiger partial charge in [0.05, 0.1) is 23.0 Å². The van der Waals surface area contributed by atoms with Crippen LogP contribution in [0.25, 0.3) is 10.6 Å². The Labute approximate surface area is 182 Å². The summed E-state index contributed by atoms with van der Waals surface area (Å²) in [6.07, 6.45) is 1.72. The van der Waals surface area contributed by atoms with Crippen LogP contribution in [0, 0.1) is 6.92 Å². The molecule has 1 amide bonds. The molecule has 0 N–H and O–H groups in total. The van der Waals surface area contributed by atoms with E-state index in [0.717, 1.165) is 54.7 Å². The van der Waals surface area contributed by atoms with Crippen molar-refractivity contribution in [2.24, 2.45) is 0 Å². The molecular weight excluding hydrogens is 394 g/mol. The summed E-state index contributed by atoms with van der Waals surface area (Å²) < 4.78 is 1.93. The van der Waals surface area contributed by atoms with Gasteiger partial charge in [-0.15, -0.1) is 11.3 Å². The molecule has 3 aromatic rings. The second-order valence-electron chi connectivity index (χ2n) is 8.80. The van der Waals surface area contributed by atoms with Crippen molar-refractivity contribution in [1.29, 1.82) is 0 Å². The number of piperazine rings is 1. The average Bonchev–Trinajstić information content (AvgIpc) is 3.35. The van der Waals surface area contributed by atoms with E-state index >= 15 is 0 Å². The predicted molar refractivity (Wildman–Crippen MR) is 121 cm³/mol. The van der Waals surface area contributed by atoms with Gasteiger partial charge in [0.1, 0.15) is 5.01 Å². The van der Waals surface area contributed by atoms with Gasteiger partial charge in [0.15, 0.2) is 0 Å². The summed E-state index contributed by atoms with van der Waals surface area (Å²) >= 11 is 1.69. The van der Waals surface area contributed by atoms with E-state index in [0.29, 0.717) is 5.56 Å². The average molecular weight is 424 g/mol. The first-order valence-corrected chi connectivity index (χ1v) is 11.3. The molecule has 7 heteroatoms. The molecule has 2 aromatic heterocycles. The van der Waals surface area contributed by atoms with Crippen LogP contribution in [0.3, 0.4) is 0 Å². The Bertz CT molecular complexity index is 1010. The van der Waals surface area contributed by atoms with Gasteiger partial charge in [-0.2, -0.15) is 5.10 Å². The maximum absolute atomic E-state index is 13.0. The van der Waals surface area contributed by atoms with Gasteiger partial charge in [0, 0.05) is 49.4 Å². The van der Waals surface area contributed by atoms with Crippen molar-refractivity contribution >= 4 is 17.2 Å². The van der Waals surface area contributed by atoms with Crippen molar-refractivity contribution in [3.63, 3.8) is 0 Å². The Morgan fingerprint density at radius 1 is 1.10 bits per heavy atom. The first-order valence-electron chi connectivity index (χ1n) is 10.4. The number of carbonyl (C=O) groups is 1. The fourth-order valence-electron chi connectivity index (χ4n) is 3.90. The van der Waals surface area contributed by atoms with Crippen LogP contribution in [0.2, 0.25) is 0 Å². The molecule has 0 saturated carbocycles. The van der Waals surface area contributed by atoms with Crippen LogP contribution < -0.4 is 0 Å². The summed E-state index contributed by atoms with van der Waals surface area (Å²) in [6.45, 7) is 12.3. The number of carbonyl (C=O) groups excluding carboxylic acids is 1. The summed E-state index contributed by atoms with van der Waals surface area (Å²) in [6, 6.07) is 10.3. The van der Waals surface area contributed by atoms with E-state index in [-0.39, 0.29) is 11.4 Å². The van der Waals surface area contributed by atoms with Gasteiger partial charge in [0.25, 0.3) is 5.91 Å². The van der Waals surface area contributed by atoms with Crippen LogP contribution in [-0.4, -0.2) is 56.7 Å². The number of amides is 1. The molecule has 4 rings (SSSR count). The molecule has 0 bridgehead atoms. The minimum absolute atomic E-state index is 0.0858. The highest BCUT2D eigenvalue weighted by Gasteiger charge is 2.27. The molecule has 30 heavy (non-hydrogen) atoms. The Morgan fingerprint density at radius 3 is 2.43 bits per heavy atom. The van der Waals surface area contributed by atoms with Crippen molar-refractivity contribution in [3.8, 4) is 10.6 Å². The van der Waals surface area contributed by atoms with E-state index in [9.17, 15) is 4.79 Å². The van der Waals surface area contributed by atoms with Gasteiger partial charge in [-0.25, -0.2) is 4.98 Å². The second-order valence-corrected chi connectivity index (χ2v) is 9.66. The Hall–Kier alpha value is -2.51. The predicted octanol–water partition coefficient (Wildman–Crippen LogP) is 4.03. The van der Waals surface area contributed by atoms with E-state index < -0.39 is 0 Å². The zero-order valence-electron chi connectivity index (χ0n) is 18.1. The summed E-state index contributed by atoms with van der Waals surface area (Å²) in [4.78, 5) is 22.2. The SMILES string of the molecule is Cc1c(C(=O)N2CCN(Cc3csc(-c4ccccc4)n3)CC2)cnn1C(C)(C)C. The number of thiazole rings is 1. The zero-order chi connectivity index (χ0) is 21.3. The molecule has 0 aliphatic carbocycles. The molecule has 1 saturated heterocycles. The van der Waals surface area contributed by atoms with Crippen LogP contribution in [0.1, 0.15) is 42.5 Å². The van der Waals surface area contributed by atoms with Gasteiger partial charge >= 0.3 is 0 Å². The number of rotatable bonds is 4. The van der Waals surface area contributed by atoms with E-state index in [4.69, 9.17) is 4.98 Å². The normalized spacial score (nSPS) is 15.5. The number of nitrogens with zero attached hydrogens (tertiary/aromatic N) is 5. The zero-order valence-corrected chi connectivity index (χ0v) is 18.9.